The molecule has 128 valence electrons. The Morgan fingerprint density at radius 3 is 2.60 bits per heavy atom. The summed E-state index contributed by atoms with van der Waals surface area (Å²) < 4.78 is 0. The fourth-order valence-electron chi connectivity index (χ4n) is 4.09. The Bertz CT molecular complexity index is 746. The molecule has 0 saturated carbocycles. The van der Waals surface area contributed by atoms with Crippen molar-refractivity contribution in [1.82, 2.24) is 9.88 Å². The predicted octanol–water partition coefficient (Wildman–Crippen LogP) is 5.05. The summed E-state index contributed by atoms with van der Waals surface area (Å²) in [6, 6.07) is 15.1. The first-order chi connectivity index (χ1) is 12.4. The lowest BCUT2D eigenvalue weighted by molar-refractivity contribution is 0.244. The second-order valence-corrected chi connectivity index (χ2v) is 7.22. The Kier molecular flexibility index (Phi) is 5.08. The molecule has 25 heavy (non-hydrogen) atoms. The van der Waals surface area contributed by atoms with Crippen LogP contribution in [0.5, 0.6) is 0 Å². The molecule has 0 spiro atoms. The average Bonchev–Trinajstić information content (AvgIpc) is 2.70. The van der Waals surface area contributed by atoms with Crippen LogP contribution in [0.25, 0.3) is 11.1 Å². The molecule has 2 aromatic rings. The summed E-state index contributed by atoms with van der Waals surface area (Å²) in [5.41, 5.74) is 5.69. The summed E-state index contributed by atoms with van der Waals surface area (Å²) in [5.74, 6) is 0.770. The molecule has 0 unspecified atom stereocenters. The average molecular weight is 330 g/mol. The highest BCUT2D eigenvalue weighted by atomic mass is 15.1. The fraction of sp³-hybridized carbons (Fsp3) is 0.348. The van der Waals surface area contributed by atoms with E-state index in [0.717, 1.165) is 12.5 Å². The van der Waals surface area contributed by atoms with Crippen molar-refractivity contribution in [3.8, 4) is 0 Å². The molecule has 0 saturated heterocycles. The van der Waals surface area contributed by atoms with Crippen molar-refractivity contribution >= 4 is 11.1 Å². The van der Waals surface area contributed by atoms with Gasteiger partial charge in [-0.3, -0.25) is 9.88 Å². The topological polar surface area (TPSA) is 16.1 Å². The summed E-state index contributed by atoms with van der Waals surface area (Å²) in [6.45, 7) is 3.49. The molecule has 0 N–H and O–H groups in total. The van der Waals surface area contributed by atoms with Gasteiger partial charge in [0, 0.05) is 32.0 Å². The van der Waals surface area contributed by atoms with Crippen LogP contribution >= 0.6 is 0 Å². The van der Waals surface area contributed by atoms with Crippen molar-refractivity contribution in [2.45, 2.75) is 25.7 Å². The van der Waals surface area contributed by atoms with Gasteiger partial charge in [0.05, 0.1) is 0 Å². The van der Waals surface area contributed by atoms with E-state index in [1.165, 1.54) is 61.0 Å². The Hall–Kier alpha value is -2.19. The SMILES string of the molecule is C1=C(c2ccccc2)CCN(C[C@@H]2CCC=C(c3cccnc3)C2)C1. The quantitative estimate of drug-likeness (QED) is 0.779. The third-order valence-electron chi connectivity index (χ3n) is 5.46. The zero-order valence-corrected chi connectivity index (χ0v) is 14.8. The lowest BCUT2D eigenvalue weighted by atomic mass is 9.85. The van der Waals surface area contributed by atoms with Gasteiger partial charge in [-0.2, -0.15) is 0 Å². The van der Waals surface area contributed by atoms with Crippen LogP contribution in [0.15, 0.2) is 67.0 Å². The third kappa shape index (κ3) is 4.08. The van der Waals surface area contributed by atoms with Crippen LogP contribution in [0, 0.1) is 5.92 Å². The fourth-order valence-corrected chi connectivity index (χ4v) is 4.09. The van der Waals surface area contributed by atoms with Gasteiger partial charge in [-0.25, -0.2) is 0 Å². The Morgan fingerprint density at radius 2 is 1.84 bits per heavy atom. The number of allylic oxidation sites excluding steroid dienone is 2. The van der Waals surface area contributed by atoms with E-state index in [4.69, 9.17) is 0 Å². The molecule has 2 heteroatoms. The number of benzene rings is 1. The summed E-state index contributed by atoms with van der Waals surface area (Å²) in [5, 5.41) is 0. The van der Waals surface area contributed by atoms with Crippen LogP contribution in [-0.2, 0) is 0 Å². The Labute approximate surface area is 150 Å². The number of hydrogen-bond donors (Lipinski definition) is 0. The molecule has 1 atom stereocenters. The summed E-state index contributed by atoms with van der Waals surface area (Å²) in [7, 11) is 0. The number of rotatable bonds is 4. The van der Waals surface area contributed by atoms with Crippen molar-refractivity contribution in [2.75, 3.05) is 19.6 Å². The second-order valence-electron chi connectivity index (χ2n) is 7.22. The van der Waals surface area contributed by atoms with Crippen molar-refractivity contribution in [1.29, 1.82) is 0 Å². The minimum Gasteiger partial charge on any atom is -0.299 e. The highest BCUT2D eigenvalue weighted by Crippen LogP contribution is 2.32. The van der Waals surface area contributed by atoms with Crippen molar-refractivity contribution < 1.29 is 0 Å². The lowest BCUT2D eigenvalue weighted by Gasteiger charge is -2.32. The van der Waals surface area contributed by atoms with Gasteiger partial charge < -0.3 is 0 Å². The molecule has 0 bridgehead atoms. The molecule has 0 radical (unpaired) electrons. The minimum atomic E-state index is 0.770. The van der Waals surface area contributed by atoms with Crippen LogP contribution in [0.1, 0.15) is 36.8 Å². The van der Waals surface area contributed by atoms with E-state index in [1.807, 2.05) is 18.5 Å². The highest BCUT2D eigenvalue weighted by Gasteiger charge is 2.21. The first kappa shape index (κ1) is 16.3. The first-order valence-electron chi connectivity index (χ1n) is 9.45. The van der Waals surface area contributed by atoms with E-state index in [9.17, 15) is 0 Å². The maximum Gasteiger partial charge on any atom is 0.0342 e. The number of hydrogen-bond acceptors (Lipinski definition) is 2. The van der Waals surface area contributed by atoms with Gasteiger partial charge in [0.15, 0.2) is 0 Å². The zero-order valence-electron chi connectivity index (χ0n) is 14.8. The first-order valence-corrected chi connectivity index (χ1v) is 9.45. The molecule has 2 heterocycles. The van der Waals surface area contributed by atoms with Crippen LogP contribution < -0.4 is 0 Å². The van der Waals surface area contributed by atoms with Crippen molar-refractivity contribution in [3.63, 3.8) is 0 Å². The summed E-state index contributed by atoms with van der Waals surface area (Å²) >= 11 is 0. The van der Waals surface area contributed by atoms with Crippen molar-refractivity contribution in [3.05, 3.63) is 78.1 Å². The lowest BCUT2D eigenvalue weighted by Crippen LogP contribution is -2.33. The number of nitrogens with zero attached hydrogens (tertiary/aromatic N) is 2. The van der Waals surface area contributed by atoms with Gasteiger partial charge in [0.25, 0.3) is 0 Å². The third-order valence-corrected chi connectivity index (χ3v) is 5.46. The monoisotopic (exact) mass is 330 g/mol. The summed E-state index contributed by atoms with van der Waals surface area (Å²) in [4.78, 5) is 6.91. The molecule has 1 aromatic carbocycles. The molecule has 1 aliphatic carbocycles. The molecule has 1 aliphatic heterocycles. The van der Waals surface area contributed by atoms with E-state index >= 15 is 0 Å². The van der Waals surface area contributed by atoms with E-state index < -0.39 is 0 Å². The largest absolute Gasteiger partial charge is 0.299 e. The van der Waals surface area contributed by atoms with Crippen LogP contribution in [-0.4, -0.2) is 29.5 Å². The Morgan fingerprint density at radius 1 is 0.960 bits per heavy atom. The molecule has 0 fully saturated rings. The van der Waals surface area contributed by atoms with E-state index in [0.29, 0.717) is 0 Å². The number of aromatic nitrogens is 1. The molecule has 4 rings (SSSR count). The number of pyridine rings is 1. The van der Waals surface area contributed by atoms with Gasteiger partial charge in [-0.1, -0.05) is 48.6 Å². The van der Waals surface area contributed by atoms with Crippen LogP contribution in [0.2, 0.25) is 0 Å². The van der Waals surface area contributed by atoms with E-state index in [-0.39, 0.29) is 0 Å². The Balaban J connectivity index is 1.35. The maximum absolute atomic E-state index is 4.28. The molecule has 1 aromatic heterocycles. The van der Waals surface area contributed by atoms with Crippen LogP contribution in [0.4, 0.5) is 0 Å². The van der Waals surface area contributed by atoms with E-state index in [2.05, 4.69) is 58.4 Å². The highest BCUT2D eigenvalue weighted by molar-refractivity contribution is 5.67. The van der Waals surface area contributed by atoms with Crippen molar-refractivity contribution in [2.24, 2.45) is 5.92 Å². The molecule has 0 amide bonds. The smallest absolute Gasteiger partial charge is 0.0342 e. The van der Waals surface area contributed by atoms with Gasteiger partial charge in [0.1, 0.15) is 0 Å². The predicted molar refractivity (Wildman–Crippen MR) is 105 cm³/mol. The maximum atomic E-state index is 4.28. The van der Waals surface area contributed by atoms with Crippen LogP contribution in [0.3, 0.4) is 0 Å². The molecule has 2 aliphatic rings. The van der Waals surface area contributed by atoms with Gasteiger partial charge in [0.2, 0.25) is 0 Å². The van der Waals surface area contributed by atoms with Gasteiger partial charge in [-0.05, 0) is 59.9 Å². The van der Waals surface area contributed by atoms with E-state index in [1.54, 1.807) is 0 Å². The van der Waals surface area contributed by atoms with Gasteiger partial charge in [-0.15, -0.1) is 0 Å². The molecule has 2 nitrogen and oxygen atoms in total. The summed E-state index contributed by atoms with van der Waals surface area (Å²) in [6.07, 6.45) is 13.6. The molecular formula is C23H26N2. The normalized spacial score (nSPS) is 21.5. The minimum absolute atomic E-state index is 0.770. The standard InChI is InChI=1S/C23H26N2/c1-2-7-20(8-3-1)21-11-14-25(15-12-21)18-19-6-4-9-22(16-19)23-10-5-13-24-17-23/h1-3,5,7-11,13,17,19H,4,6,12,14-16,18H2/t19-/m1/s1. The second kappa shape index (κ2) is 7.79. The molecular weight excluding hydrogens is 304 g/mol. The zero-order chi connectivity index (χ0) is 16.9. The van der Waals surface area contributed by atoms with Gasteiger partial charge >= 0.3 is 0 Å².